The Bertz CT molecular complexity index is 159. The van der Waals surface area contributed by atoms with E-state index in [1.165, 1.54) is 0 Å². The minimum absolute atomic E-state index is 0.546. The van der Waals surface area contributed by atoms with E-state index in [4.69, 9.17) is 4.55 Å². The molecule has 0 radical (unpaired) electrons. The lowest BCUT2D eigenvalue weighted by Gasteiger charge is -2.06. The summed E-state index contributed by atoms with van der Waals surface area (Å²) in [6.07, 6.45) is 1.09. The maximum atomic E-state index is 10.4. The summed E-state index contributed by atoms with van der Waals surface area (Å²) >= 11 is 0. The highest BCUT2D eigenvalue weighted by atomic mass is 32.8. The van der Waals surface area contributed by atoms with Crippen LogP contribution < -0.4 is 0 Å². The molecule has 0 aromatic carbocycles. The van der Waals surface area contributed by atoms with Gasteiger partial charge in [0.05, 0.1) is 0 Å². The van der Waals surface area contributed by atoms with E-state index in [2.05, 4.69) is 0 Å². The molecule has 0 saturated carbocycles. The maximum absolute atomic E-state index is 10.4. The van der Waals surface area contributed by atoms with Gasteiger partial charge in [-0.25, -0.2) is 0 Å². The highest BCUT2D eigenvalue weighted by Gasteiger charge is 2.16. The van der Waals surface area contributed by atoms with Gasteiger partial charge < -0.3 is 0 Å². The zero-order chi connectivity index (χ0) is 7.49. The van der Waals surface area contributed by atoms with Gasteiger partial charge in [0.2, 0.25) is 0 Å². The first-order valence-corrected chi connectivity index (χ1v) is 6.50. The van der Waals surface area contributed by atoms with Gasteiger partial charge in [-0.3, -0.25) is 4.55 Å². The van der Waals surface area contributed by atoms with Crippen molar-refractivity contribution in [3.05, 3.63) is 0 Å². The van der Waals surface area contributed by atoms with Gasteiger partial charge in [0.25, 0.3) is 9.74 Å². The van der Waals surface area contributed by atoms with Crippen LogP contribution in [-0.4, -0.2) is 25.3 Å². The molecule has 0 fully saturated rings. The van der Waals surface area contributed by atoms with E-state index in [1.807, 2.05) is 0 Å². The van der Waals surface area contributed by atoms with Crippen molar-refractivity contribution in [2.24, 2.45) is 0 Å². The van der Waals surface area contributed by atoms with E-state index < -0.39 is 16.9 Å². The van der Waals surface area contributed by atoms with Crippen LogP contribution in [-0.2, 0) is 9.74 Å². The predicted octanol–water partition coefficient (Wildman–Crippen LogP) is 1.31. The van der Waals surface area contributed by atoms with Gasteiger partial charge in [-0.2, -0.15) is 8.42 Å². The van der Waals surface area contributed by atoms with Crippen molar-refractivity contribution in [1.82, 2.24) is 0 Å². The Labute approximate surface area is 56.7 Å². The van der Waals surface area contributed by atoms with Gasteiger partial charge in [0.1, 0.15) is 0 Å². The fourth-order valence-electron chi connectivity index (χ4n) is 0.550. The molecule has 9 heavy (non-hydrogen) atoms. The fraction of sp³-hybridized carbons (Fsp3) is 1.00. The van der Waals surface area contributed by atoms with Crippen LogP contribution in [0.15, 0.2) is 0 Å². The molecule has 3 nitrogen and oxygen atoms in total. The molecule has 0 amide bonds. The largest absolute Gasteiger partial charge is 0.283 e. The monoisotopic (exact) mass is 170 g/mol. The van der Waals surface area contributed by atoms with E-state index in [-0.39, 0.29) is 0 Å². The molecule has 0 aromatic heterocycles. The third-order valence-electron chi connectivity index (χ3n) is 1.03. The molecule has 0 aliphatic rings. The Kier molecular flexibility index (Phi) is 3.63. The van der Waals surface area contributed by atoms with Crippen molar-refractivity contribution < 1.29 is 13.0 Å². The van der Waals surface area contributed by atoms with E-state index >= 15 is 0 Å². The van der Waals surface area contributed by atoms with Crippen molar-refractivity contribution >= 4 is 16.9 Å². The van der Waals surface area contributed by atoms with Crippen LogP contribution in [0, 0.1) is 0 Å². The van der Waals surface area contributed by atoms with Crippen LogP contribution >= 0.6 is 7.12 Å². The van der Waals surface area contributed by atoms with Crippen molar-refractivity contribution in [2.45, 2.75) is 13.8 Å². The van der Waals surface area contributed by atoms with Crippen LogP contribution in [0.1, 0.15) is 13.8 Å². The van der Waals surface area contributed by atoms with Crippen molar-refractivity contribution in [1.29, 1.82) is 0 Å². The Morgan fingerprint density at radius 1 is 1.33 bits per heavy atom. The van der Waals surface area contributed by atoms with Gasteiger partial charge in [-0.15, -0.1) is 0 Å². The minimum atomic E-state index is -3.70. The first-order valence-electron chi connectivity index (χ1n) is 2.75. The Balaban J connectivity index is 4.14. The van der Waals surface area contributed by atoms with Gasteiger partial charge in [0, 0.05) is 7.12 Å². The first kappa shape index (κ1) is 9.34. The summed E-state index contributed by atoms with van der Waals surface area (Å²) in [7, 11) is -4.87. The first-order chi connectivity index (χ1) is 4.02. The predicted molar refractivity (Wildman–Crippen MR) is 39.6 cm³/mol. The van der Waals surface area contributed by atoms with E-state index in [9.17, 15) is 8.42 Å². The zero-order valence-corrected chi connectivity index (χ0v) is 7.24. The normalized spacial score (nSPS) is 12.4. The molecule has 0 aliphatic carbocycles. The molecular formula is C4H11O3PS. The third kappa shape index (κ3) is 3.14. The van der Waals surface area contributed by atoms with E-state index in [1.54, 1.807) is 13.8 Å². The summed E-state index contributed by atoms with van der Waals surface area (Å²) in [6.45, 7) is 3.53. The third-order valence-corrected chi connectivity index (χ3v) is 6.60. The molecular weight excluding hydrogens is 159 g/mol. The second-order valence-electron chi connectivity index (χ2n) is 1.56. The smallest absolute Gasteiger partial charge is 0.280 e. The van der Waals surface area contributed by atoms with Gasteiger partial charge in [0.15, 0.2) is 0 Å². The summed E-state index contributed by atoms with van der Waals surface area (Å²) in [5.41, 5.74) is 0. The molecule has 5 heteroatoms. The molecule has 1 N–H and O–H groups in total. The van der Waals surface area contributed by atoms with Crippen molar-refractivity contribution in [2.75, 3.05) is 12.3 Å². The van der Waals surface area contributed by atoms with E-state index in [0.29, 0.717) is 12.3 Å². The maximum Gasteiger partial charge on any atom is 0.280 e. The highest BCUT2D eigenvalue weighted by Crippen LogP contribution is 2.40. The summed E-state index contributed by atoms with van der Waals surface area (Å²) in [6, 6.07) is 0. The summed E-state index contributed by atoms with van der Waals surface area (Å²) < 4.78 is 29.2. The molecule has 0 bridgehead atoms. The lowest BCUT2D eigenvalue weighted by molar-refractivity contribution is 0.501. The molecule has 0 rings (SSSR count). The molecule has 0 aliphatic heterocycles. The van der Waals surface area contributed by atoms with Crippen LogP contribution in [0.25, 0.3) is 0 Å². The second kappa shape index (κ2) is 3.49. The second-order valence-corrected chi connectivity index (χ2v) is 7.62. The lowest BCUT2D eigenvalue weighted by atomic mass is 11.0. The fourth-order valence-corrected chi connectivity index (χ4v) is 3.61. The number of hydrogen-bond acceptors (Lipinski definition) is 2. The topological polar surface area (TPSA) is 54.4 Å². The Hall–Kier alpha value is 0.340. The average molecular weight is 170 g/mol. The Morgan fingerprint density at radius 2 is 1.67 bits per heavy atom. The van der Waals surface area contributed by atoms with Gasteiger partial charge >= 0.3 is 0 Å². The molecule has 0 aromatic rings. The molecule has 0 spiro atoms. The summed E-state index contributed by atoms with van der Waals surface area (Å²) in [4.78, 5) is 0. The van der Waals surface area contributed by atoms with Gasteiger partial charge in [-0.05, 0) is 12.3 Å². The quantitative estimate of drug-likeness (QED) is 0.513. The molecule has 0 atom stereocenters. The summed E-state index contributed by atoms with van der Waals surface area (Å²) in [5, 5.41) is 0. The van der Waals surface area contributed by atoms with Crippen LogP contribution in [0.2, 0.25) is 0 Å². The number of hydrogen-bond donors (Lipinski definition) is 1. The number of rotatable bonds is 3. The van der Waals surface area contributed by atoms with Crippen LogP contribution in [0.4, 0.5) is 0 Å². The SMILES string of the molecule is CCP(CC)S(=O)(=O)O. The summed E-state index contributed by atoms with van der Waals surface area (Å²) in [5.74, 6) is 0. The van der Waals surface area contributed by atoms with Crippen molar-refractivity contribution in [3.8, 4) is 0 Å². The zero-order valence-electron chi connectivity index (χ0n) is 5.53. The van der Waals surface area contributed by atoms with Crippen LogP contribution in [0.5, 0.6) is 0 Å². The lowest BCUT2D eigenvalue weighted by Crippen LogP contribution is -1.97. The van der Waals surface area contributed by atoms with Crippen LogP contribution in [0.3, 0.4) is 0 Å². The highest BCUT2D eigenvalue weighted by molar-refractivity contribution is 8.47. The van der Waals surface area contributed by atoms with Gasteiger partial charge in [-0.1, -0.05) is 13.8 Å². The Morgan fingerprint density at radius 3 is 1.67 bits per heavy atom. The molecule has 0 unspecified atom stereocenters. The standard InChI is InChI=1S/C4H11O3PS/c1-3-8(4-2)9(5,6)7/h3-4H2,1-2H3,(H,5,6,7). The van der Waals surface area contributed by atoms with E-state index in [0.717, 1.165) is 0 Å². The average Bonchev–Trinajstić information content (AvgIpc) is 1.65. The molecule has 0 saturated heterocycles. The minimum Gasteiger partial charge on any atom is -0.283 e. The molecule has 56 valence electrons. The van der Waals surface area contributed by atoms with Crippen molar-refractivity contribution in [3.63, 3.8) is 0 Å². The molecule has 0 heterocycles.